The quantitative estimate of drug-likeness (QED) is 0.897. The molecular weight excluding hydrogens is 261 g/mol. The third kappa shape index (κ3) is 2.94. The molecule has 1 fully saturated rings. The van der Waals surface area contributed by atoms with Crippen molar-refractivity contribution in [2.45, 2.75) is 12.1 Å². The lowest BCUT2D eigenvalue weighted by Crippen LogP contribution is -2.43. The first kappa shape index (κ1) is 13.1. The SMILES string of the molecule is CN1CCSCC1C(O)c1ccc(Cl)cc1F. The first-order valence-electron chi connectivity index (χ1n) is 5.50. The van der Waals surface area contributed by atoms with Crippen molar-refractivity contribution in [3.05, 3.63) is 34.6 Å². The molecule has 1 aromatic carbocycles. The monoisotopic (exact) mass is 275 g/mol. The smallest absolute Gasteiger partial charge is 0.130 e. The first-order valence-corrected chi connectivity index (χ1v) is 7.04. The summed E-state index contributed by atoms with van der Waals surface area (Å²) >= 11 is 7.49. The Morgan fingerprint density at radius 3 is 3.00 bits per heavy atom. The molecule has 2 nitrogen and oxygen atoms in total. The molecule has 1 aliphatic rings. The van der Waals surface area contributed by atoms with E-state index in [4.69, 9.17) is 11.6 Å². The number of rotatable bonds is 2. The summed E-state index contributed by atoms with van der Waals surface area (Å²) in [7, 11) is 1.96. The Labute approximate surface area is 110 Å². The average Bonchev–Trinajstić information content (AvgIpc) is 2.29. The number of benzene rings is 1. The second-order valence-electron chi connectivity index (χ2n) is 4.23. The number of aliphatic hydroxyl groups excluding tert-OH is 1. The summed E-state index contributed by atoms with van der Waals surface area (Å²) in [5.74, 6) is 1.44. The summed E-state index contributed by atoms with van der Waals surface area (Å²) in [5.41, 5.74) is 0.328. The van der Waals surface area contributed by atoms with E-state index < -0.39 is 11.9 Å². The fourth-order valence-corrected chi connectivity index (χ4v) is 3.41. The van der Waals surface area contributed by atoms with Crippen LogP contribution >= 0.6 is 23.4 Å². The molecule has 0 bridgehead atoms. The van der Waals surface area contributed by atoms with Crippen LogP contribution in [0.5, 0.6) is 0 Å². The van der Waals surface area contributed by atoms with Crippen molar-refractivity contribution in [2.24, 2.45) is 0 Å². The van der Waals surface area contributed by atoms with Crippen molar-refractivity contribution < 1.29 is 9.50 Å². The van der Waals surface area contributed by atoms with Crippen LogP contribution in [0.15, 0.2) is 18.2 Å². The Hall–Kier alpha value is -0.290. The van der Waals surface area contributed by atoms with Gasteiger partial charge in [-0.05, 0) is 19.2 Å². The summed E-state index contributed by atoms with van der Waals surface area (Å²) in [6.45, 7) is 0.918. The Morgan fingerprint density at radius 2 is 2.35 bits per heavy atom. The number of thioether (sulfide) groups is 1. The van der Waals surface area contributed by atoms with Gasteiger partial charge in [-0.3, -0.25) is 4.90 Å². The van der Waals surface area contributed by atoms with E-state index in [1.54, 1.807) is 23.9 Å². The predicted molar refractivity (Wildman–Crippen MR) is 70.1 cm³/mol. The molecule has 1 heterocycles. The Bertz CT molecular complexity index is 404. The van der Waals surface area contributed by atoms with Crippen molar-refractivity contribution in [2.75, 3.05) is 25.1 Å². The van der Waals surface area contributed by atoms with Crippen molar-refractivity contribution in [1.82, 2.24) is 4.90 Å². The van der Waals surface area contributed by atoms with Gasteiger partial charge in [-0.2, -0.15) is 11.8 Å². The maximum absolute atomic E-state index is 13.7. The highest BCUT2D eigenvalue weighted by Crippen LogP contribution is 2.29. The maximum Gasteiger partial charge on any atom is 0.130 e. The third-order valence-corrected chi connectivity index (χ3v) is 4.37. The van der Waals surface area contributed by atoms with Crippen LogP contribution in [0.4, 0.5) is 4.39 Å². The first-order chi connectivity index (χ1) is 8.09. The summed E-state index contributed by atoms with van der Waals surface area (Å²) < 4.78 is 13.7. The molecule has 0 aliphatic carbocycles. The number of hydrogen-bond acceptors (Lipinski definition) is 3. The van der Waals surface area contributed by atoms with Gasteiger partial charge in [0.1, 0.15) is 5.82 Å². The van der Waals surface area contributed by atoms with Crippen molar-refractivity contribution in [1.29, 1.82) is 0 Å². The van der Waals surface area contributed by atoms with Crippen LogP contribution in [0, 0.1) is 5.82 Å². The molecule has 1 N–H and O–H groups in total. The molecule has 2 atom stereocenters. The van der Waals surface area contributed by atoms with E-state index in [9.17, 15) is 9.50 Å². The zero-order chi connectivity index (χ0) is 12.4. The van der Waals surface area contributed by atoms with Crippen molar-refractivity contribution >= 4 is 23.4 Å². The maximum atomic E-state index is 13.7. The summed E-state index contributed by atoms with van der Waals surface area (Å²) in [4.78, 5) is 2.08. The van der Waals surface area contributed by atoms with Gasteiger partial charge in [-0.15, -0.1) is 0 Å². The van der Waals surface area contributed by atoms with Crippen LogP contribution < -0.4 is 0 Å². The van der Waals surface area contributed by atoms with E-state index >= 15 is 0 Å². The molecule has 1 aromatic rings. The van der Waals surface area contributed by atoms with Gasteiger partial charge in [0.05, 0.1) is 6.10 Å². The molecule has 1 aliphatic heterocycles. The van der Waals surface area contributed by atoms with Crippen LogP contribution in [-0.4, -0.2) is 41.1 Å². The molecule has 2 rings (SSSR count). The molecular formula is C12H15ClFNOS. The van der Waals surface area contributed by atoms with Crippen LogP contribution in [0.2, 0.25) is 5.02 Å². The molecule has 94 valence electrons. The highest BCUT2D eigenvalue weighted by Gasteiger charge is 2.29. The molecule has 0 spiro atoms. The lowest BCUT2D eigenvalue weighted by atomic mass is 10.0. The standard InChI is InChI=1S/C12H15ClFNOS/c1-15-4-5-17-7-11(15)12(16)9-3-2-8(13)6-10(9)14/h2-3,6,11-12,16H,4-5,7H2,1H3. The lowest BCUT2D eigenvalue weighted by Gasteiger charge is -2.35. The van der Waals surface area contributed by atoms with E-state index in [-0.39, 0.29) is 6.04 Å². The van der Waals surface area contributed by atoms with E-state index in [0.29, 0.717) is 10.6 Å². The van der Waals surface area contributed by atoms with Gasteiger partial charge >= 0.3 is 0 Å². The van der Waals surface area contributed by atoms with E-state index in [1.165, 1.54) is 6.07 Å². The molecule has 0 saturated carbocycles. The van der Waals surface area contributed by atoms with Gasteiger partial charge in [0.15, 0.2) is 0 Å². The van der Waals surface area contributed by atoms with E-state index in [2.05, 4.69) is 4.90 Å². The van der Waals surface area contributed by atoms with Crippen LogP contribution in [-0.2, 0) is 0 Å². The van der Waals surface area contributed by atoms with Gasteiger partial charge in [0.25, 0.3) is 0 Å². The zero-order valence-corrected chi connectivity index (χ0v) is 11.1. The minimum atomic E-state index is -0.801. The van der Waals surface area contributed by atoms with Crippen molar-refractivity contribution in [3.8, 4) is 0 Å². The van der Waals surface area contributed by atoms with Crippen LogP contribution in [0.1, 0.15) is 11.7 Å². The second-order valence-corrected chi connectivity index (χ2v) is 5.82. The molecule has 17 heavy (non-hydrogen) atoms. The van der Waals surface area contributed by atoms with Gasteiger partial charge in [0, 0.05) is 34.7 Å². The fraction of sp³-hybridized carbons (Fsp3) is 0.500. The summed E-state index contributed by atoms with van der Waals surface area (Å²) in [5, 5.41) is 10.6. The molecule has 0 radical (unpaired) electrons. The third-order valence-electron chi connectivity index (χ3n) is 3.09. The summed E-state index contributed by atoms with van der Waals surface area (Å²) in [6, 6.07) is 4.38. The van der Waals surface area contributed by atoms with Gasteiger partial charge in [0.2, 0.25) is 0 Å². The molecule has 2 unspecified atom stereocenters. The average molecular weight is 276 g/mol. The lowest BCUT2D eigenvalue weighted by molar-refractivity contribution is 0.0731. The number of halogens is 2. The number of likely N-dealkylation sites (N-methyl/N-ethyl adjacent to an activating group) is 1. The highest BCUT2D eigenvalue weighted by molar-refractivity contribution is 7.99. The fourth-order valence-electron chi connectivity index (χ4n) is 1.99. The van der Waals surface area contributed by atoms with E-state index in [1.807, 2.05) is 7.05 Å². The second kappa shape index (κ2) is 5.57. The zero-order valence-electron chi connectivity index (χ0n) is 9.57. The Morgan fingerprint density at radius 1 is 1.59 bits per heavy atom. The molecule has 0 amide bonds. The number of nitrogens with zero attached hydrogens (tertiary/aromatic N) is 1. The van der Waals surface area contributed by atoms with Crippen LogP contribution in [0.3, 0.4) is 0 Å². The molecule has 1 saturated heterocycles. The minimum absolute atomic E-state index is 0.0376. The topological polar surface area (TPSA) is 23.5 Å². The van der Waals surface area contributed by atoms with Gasteiger partial charge < -0.3 is 5.11 Å². The molecule has 5 heteroatoms. The Balaban J connectivity index is 2.20. The summed E-state index contributed by atoms with van der Waals surface area (Å²) in [6.07, 6.45) is -0.801. The minimum Gasteiger partial charge on any atom is -0.387 e. The predicted octanol–water partition coefficient (Wildman–Crippen LogP) is 2.56. The van der Waals surface area contributed by atoms with Gasteiger partial charge in [-0.1, -0.05) is 17.7 Å². The normalized spacial score (nSPS) is 23.6. The van der Waals surface area contributed by atoms with Crippen molar-refractivity contribution in [3.63, 3.8) is 0 Å². The Kier molecular flexibility index (Phi) is 4.31. The largest absolute Gasteiger partial charge is 0.387 e. The van der Waals surface area contributed by atoms with E-state index in [0.717, 1.165) is 18.1 Å². The van der Waals surface area contributed by atoms with Gasteiger partial charge in [-0.25, -0.2) is 4.39 Å². The highest BCUT2D eigenvalue weighted by atomic mass is 35.5. The number of aliphatic hydroxyl groups is 1. The molecule has 0 aromatic heterocycles. The van der Waals surface area contributed by atoms with Crippen LogP contribution in [0.25, 0.3) is 0 Å². The number of hydrogen-bond donors (Lipinski definition) is 1.